The number of esters is 1. The first-order valence-electron chi connectivity index (χ1n) is 19.1. The molecule has 6 heteroatoms. The van der Waals surface area contributed by atoms with Crippen LogP contribution in [0.3, 0.4) is 0 Å². The van der Waals surface area contributed by atoms with Crippen molar-refractivity contribution in [3.05, 3.63) is 130 Å². The highest BCUT2D eigenvalue weighted by atomic mass is 16.5. The van der Waals surface area contributed by atoms with Gasteiger partial charge in [-0.2, -0.15) is 0 Å². The lowest BCUT2D eigenvalue weighted by atomic mass is 9.90. The summed E-state index contributed by atoms with van der Waals surface area (Å²) in [6, 6.07) is 30.1. The van der Waals surface area contributed by atoms with Gasteiger partial charge in [0, 0.05) is 37.7 Å². The van der Waals surface area contributed by atoms with Crippen molar-refractivity contribution < 1.29 is 19.1 Å². The second kappa shape index (κ2) is 18.6. The second-order valence-electron chi connectivity index (χ2n) is 14.5. The maximum absolute atomic E-state index is 13.5. The molecule has 6 nitrogen and oxygen atoms in total. The maximum Gasteiger partial charge on any atom is 0.338 e. The molecule has 2 aliphatic carbocycles. The largest absolute Gasteiger partial charge is 0.493 e. The number of aryl methyl sites for hydroxylation is 3. The summed E-state index contributed by atoms with van der Waals surface area (Å²) < 4.78 is 11.6. The maximum atomic E-state index is 13.5. The minimum absolute atomic E-state index is 0.142. The number of nitrogens with zero attached hydrogens (tertiary/aromatic N) is 2. The van der Waals surface area contributed by atoms with E-state index in [1.807, 2.05) is 53.4 Å². The third-order valence-corrected chi connectivity index (χ3v) is 10.6. The Balaban J connectivity index is 0.937. The van der Waals surface area contributed by atoms with Gasteiger partial charge in [0.1, 0.15) is 12.4 Å². The van der Waals surface area contributed by atoms with Gasteiger partial charge in [-0.15, -0.1) is 0 Å². The highest BCUT2D eigenvalue weighted by Crippen LogP contribution is 2.28. The van der Waals surface area contributed by atoms with Gasteiger partial charge in [0.2, 0.25) is 5.91 Å². The number of carbonyl (C=O) groups is 2. The van der Waals surface area contributed by atoms with Crippen LogP contribution in [0.1, 0.15) is 108 Å². The zero-order chi connectivity index (χ0) is 35.3. The van der Waals surface area contributed by atoms with Crippen LogP contribution in [0.25, 0.3) is 0 Å². The summed E-state index contributed by atoms with van der Waals surface area (Å²) in [6.45, 7) is 4.44. The summed E-state index contributed by atoms with van der Waals surface area (Å²) >= 11 is 0. The topological polar surface area (TPSA) is 68.7 Å². The molecule has 51 heavy (non-hydrogen) atoms. The molecule has 6 rings (SSSR count). The number of ether oxygens (including phenoxy) is 2. The molecular weight excluding hydrogens is 633 g/mol. The van der Waals surface area contributed by atoms with Gasteiger partial charge in [0.15, 0.2) is 0 Å². The molecule has 0 atom stereocenters. The fraction of sp³-hybridized carbons (Fsp3) is 0.444. The first-order valence-corrected chi connectivity index (χ1v) is 19.1. The molecule has 0 unspecified atom stereocenters. The van der Waals surface area contributed by atoms with E-state index in [1.54, 1.807) is 12.3 Å². The van der Waals surface area contributed by atoms with Crippen LogP contribution in [0, 0.1) is 30.9 Å². The molecule has 0 spiro atoms. The van der Waals surface area contributed by atoms with E-state index in [0.717, 1.165) is 74.1 Å². The van der Waals surface area contributed by atoms with Crippen molar-refractivity contribution >= 4 is 11.9 Å². The lowest BCUT2D eigenvalue weighted by Crippen LogP contribution is -2.36. The molecule has 0 aliphatic heterocycles. The van der Waals surface area contributed by atoms with Gasteiger partial charge >= 0.3 is 5.97 Å². The third-order valence-electron chi connectivity index (χ3n) is 10.6. The Morgan fingerprint density at radius 3 is 2.27 bits per heavy atom. The predicted molar refractivity (Wildman–Crippen MR) is 200 cm³/mol. The first kappa shape index (κ1) is 36.2. The van der Waals surface area contributed by atoms with Crippen molar-refractivity contribution in [3.63, 3.8) is 0 Å². The minimum atomic E-state index is -0.313. The lowest BCUT2D eigenvalue weighted by molar-refractivity contribution is -0.136. The second-order valence-corrected chi connectivity index (χ2v) is 14.5. The van der Waals surface area contributed by atoms with E-state index in [2.05, 4.69) is 42.2 Å². The Kier molecular flexibility index (Phi) is 13.2. The van der Waals surface area contributed by atoms with Crippen LogP contribution in [0.15, 0.2) is 79.0 Å². The molecule has 0 N–H and O–H groups in total. The smallest absolute Gasteiger partial charge is 0.338 e. The van der Waals surface area contributed by atoms with Crippen LogP contribution < -0.4 is 4.74 Å². The molecule has 266 valence electrons. The number of benzene rings is 3. The Morgan fingerprint density at radius 1 is 0.824 bits per heavy atom. The van der Waals surface area contributed by atoms with E-state index in [-0.39, 0.29) is 24.4 Å². The van der Waals surface area contributed by atoms with Crippen molar-refractivity contribution in [1.29, 1.82) is 0 Å². The number of carbonyl (C=O) groups excluding carboxylic acids is 2. The van der Waals surface area contributed by atoms with Crippen molar-refractivity contribution in [3.8, 4) is 5.75 Å². The van der Waals surface area contributed by atoms with Crippen LogP contribution >= 0.6 is 0 Å². The Labute approximate surface area is 304 Å². The van der Waals surface area contributed by atoms with E-state index in [9.17, 15) is 9.59 Å². The zero-order valence-electron chi connectivity index (χ0n) is 30.2. The van der Waals surface area contributed by atoms with Gasteiger partial charge in [0.05, 0.1) is 17.9 Å². The van der Waals surface area contributed by atoms with E-state index in [0.29, 0.717) is 31.0 Å². The van der Waals surface area contributed by atoms with Crippen LogP contribution in [-0.4, -0.2) is 34.9 Å². The monoisotopic (exact) mass is 684 g/mol. The van der Waals surface area contributed by atoms with Crippen molar-refractivity contribution in [1.82, 2.24) is 9.88 Å². The van der Waals surface area contributed by atoms with Gasteiger partial charge in [-0.25, -0.2) is 4.79 Å². The number of rotatable bonds is 16. The summed E-state index contributed by atoms with van der Waals surface area (Å²) in [7, 11) is 0. The Hall–Kier alpha value is -4.63. The molecule has 1 amide bonds. The van der Waals surface area contributed by atoms with Crippen molar-refractivity contribution in [2.24, 2.45) is 11.8 Å². The standard InChI is InChI=1S/C45H52N2O4/c1-34-30-38(31-47(44(48)40-13-5-6-14-40)29-27-42-16-7-8-28-46-42)19-22-39(34)15-9-12-35-17-23-41(24-18-35)45(49)51-33-37-20-25-43(26-21-37)50-32-36-10-3-2-4-11-36/h8,17-26,28,30,36,40H,2-6,9-15,27,29,31-33H2,1H3. The van der Waals surface area contributed by atoms with E-state index in [1.165, 1.54) is 48.8 Å². The third kappa shape index (κ3) is 10.9. The SMILES string of the molecule is Cc1cc(CN(CCc2c#cccn2)C(=O)C2CCCC2)ccc1CCCc1ccc(C(=O)OCc2ccc(OCC3CCCCC3)cc2)cc1. The van der Waals surface area contributed by atoms with Gasteiger partial charge in [-0.3, -0.25) is 9.78 Å². The first-order chi connectivity index (χ1) is 25.0. The molecule has 2 fully saturated rings. The number of hydrogen-bond donors (Lipinski definition) is 0. The molecule has 2 aliphatic rings. The number of amides is 1. The number of hydrogen-bond acceptors (Lipinski definition) is 5. The lowest BCUT2D eigenvalue weighted by Gasteiger charge is -2.26. The fourth-order valence-corrected chi connectivity index (χ4v) is 7.52. The molecule has 0 radical (unpaired) electrons. The molecule has 2 saturated carbocycles. The summed E-state index contributed by atoms with van der Waals surface area (Å²) in [4.78, 5) is 32.6. The average Bonchev–Trinajstić information content (AvgIpc) is 3.72. The highest BCUT2D eigenvalue weighted by Gasteiger charge is 2.27. The molecule has 4 aromatic rings. The van der Waals surface area contributed by atoms with Gasteiger partial charge < -0.3 is 14.4 Å². The molecule has 1 aromatic heterocycles. The minimum Gasteiger partial charge on any atom is -0.493 e. The quantitative estimate of drug-likeness (QED) is 0.110. The fourth-order valence-electron chi connectivity index (χ4n) is 7.52. The van der Waals surface area contributed by atoms with Crippen LogP contribution in [0.5, 0.6) is 5.75 Å². The van der Waals surface area contributed by atoms with Crippen LogP contribution in [0.2, 0.25) is 0 Å². The van der Waals surface area contributed by atoms with Gasteiger partial charge in [0.25, 0.3) is 0 Å². The van der Waals surface area contributed by atoms with Crippen LogP contribution in [0.4, 0.5) is 0 Å². The van der Waals surface area contributed by atoms with Gasteiger partial charge in [-0.05, 0) is 116 Å². The summed E-state index contributed by atoms with van der Waals surface area (Å²) in [6.07, 6.45) is 16.1. The average molecular weight is 685 g/mol. The summed E-state index contributed by atoms with van der Waals surface area (Å²) in [5.41, 5.74) is 7.31. The van der Waals surface area contributed by atoms with E-state index >= 15 is 0 Å². The molecular formula is C45H52N2O4. The molecule has 3 aromatic carbocycles. The van der Waals surface area contributed by atoms with E-state index < -0.39 is 0 Å². The predicted octanol–water partition coefficient (Wildman–Crippen LogP) is 9.24. The Morgan fingerprint density at radius 2 is 1.55 bits per heavy atom. The zero-order valence-corrected chi connectivity index (χ0v) is 30.2. The normalized spacial score (nSPS) is 14.9. The van der Waals surface area contributed by atoms with Crippen molar-refractivity contribution in [2.45, 2.75) is 104 Å². The Bertz CT molecular complexity index is 1670. The molecule has 0 bridgehead atoms. The molecule has 1 heterocycles. The number of aromatic nitrogens is 1. The summed E-state index contributed by atoms with van der Waals surface area (Å²) in [5.74, 6) is 1.64. The molecule has 0 saturated heterocycles. The van der Waals surface area contributed by atoms with Crippen molar-refractivity contribution in [2.75, 3.05) is 13.2 Å². The van der Waals surface area contributed by atoms with Crippen LogP contribution in [-0.2, 0) is 41.9 Å². The van der Waals surface area contributed by atoms with E-state index in [4.69, 9.17) is 9.47 Å². The van der Waals surface area contributed by atoms with Gasteiger partial charge in [-0.1, -0.05) is 80.6 Å². The highest BCUT2D eigenvalue weighted by molar-refractivity contribution is 5.89. The summed E-state index contributed by atoms with van der Waals surface area (Å²) in [5, 5.41) is 0.